The molecule has 0 N–H and O–H groups in total. The van der Waals surface area contributed by atoms with E-state index in [1.54, 1.807) is 45.9 Å². The first kappa shape index (κ1) is 24.2. The summed E-state index contributed by atoms with van der Waals surface area (Å²) in [5.41, 5.74) is 1.40. The number of carbonyl (C=O) groups excluding carboxylic acids is 2. The molecule has 2 aromatic rings. The Morgan fingerprint density at radius 2 is 1.68 bits per heavy atom. The van der Waals surface area contributed by atoms with Crippen LogP contribution >= 0.6 is 0 Å². The van der Waals surface area contributed by atoms with Crippen molar-refractivity contribution in [1.29, 1.82) is 0 Å². The highest BCUT2D eigenvalue weighted by atomic mass is 32.2. The van der Waals surface area contributed by atoms with Crippen LogP contribution in [0.4, 0.5) is 5.69 Å². The van der Waals surface area contributed by atoms with Gasteiger partial charge in [0.1, 0.15) is 12.3 Å². The van der Waals surface area contributed by atoms with Crippen molar-refractivity contribution < 1.29 is 32.2 Å². The Kier molecular flexibility index (Phi) is 8.04. The highest BCUT2D eigenvalue weighted by Gasteiger charge is 2.30. The van der Waals surface area contributed by atoms with Gasteiger partial charge in [-0.2, -0.15) is 0 Å². The molecule has 0 aromatic heterocycles. The molecule has 0 bridgehead atoms. The minimum absolute atomic E-state index is 0.0176. The van der Waals surface area contributed by atoms with Crippen molar-refractivity contribution in [3.63, 3.8) is 0 Å². The summed E-state index contributed by atoms with van der Waals surface area (Å²) >= 11 is 0. The highest BCUT2D eigenvalue weighted by Crippen LogP contribution is 2.31. The first-order valence-corrected chi connectivity index (χ1v) is 11.2. The summed E-state index contributed by atoms with van der Waals surface area (Å²) < 4.78 is 43.3. The molecule has 9 heteroatoms. The molecular weight excluding hydrogens is 422 g/mol. The van der Waals surface area contributed by atoms with Crippen molar-refractivity contribution in [2.75, 3.05) is 31.2 Å². The number of nitrogens with zero attached hydrogens (tertiary/aromatic N) is 1. The number of rotatable bonds is 9. The van der Waals surface area contributed by atoms with Gasteiger partial charge in [0.05, 0.1) is 36.5 Å². The summed E-state index contributed by atoms with van der Waals surface area (Å²) in [6, 6.07) is 9.05. The van der Waals surface area contributed by atoms with Crippen molar-refractivity contribution in [3.8, 4) is 5.75 Å². The molecular formula is C22H27NO7S. The smallest absolute Gasteiger partial charge is 0.338 e. The van der Waals surface area contributed by atoms with E-state index in [-0.39, 0.29) is 29.4 Å². The molecule has 0 saturated heterocycles. The summed E-state index contributed by atoms with van der Waals surface area (Å²) in [7, 11) is -2.67. The van der Waals surface area contributed by atoms with Gasteiger partial charge in [-0.1, -0.05) is 6.07 Å². The maximum atomic E-state index is 13.5. The Morgan fingerprint density at radius 1 is 1.00 bits per heavy atom. The summed E-state index contributed by atoms with van der Waals surface area (Å²) in [5.74, 6) is -0.746. The number of methoxy groups -OCH3 is 1. The van der Waals surface area contributed by atoms with Crippen molar-refractivity contribution >= 4 is 27.6 Å². The Bertz CT molecular complexity index is 1060. The molecule has 0 aliphatic rings. The van der Waals surface area contributed by atoms with Crippen LogP contribution in [0.25, 0.3) is 0 Å². The number of aryl methyl sites for hydroxylation is 1. The molecule has 0 fully saturated rings. The first-order valence-electron chi connectivity index (χ1n) is 9.77. The van der Waals surface area contributed by atoms with Crippen LogP contribution in [0.2, 0.25) is 0 Å². The third-order valence-corrected chi connectivity index (χ3v) is 6.36. The van der Waals surface area contributed by atoms with Crippen LogP contribution in [0.1, 0.15) is 35.3 Å². The quantitative estimate of drug-likeness (QED) is 0.542. The summed E-state index contributed by atoms with van der Waals surface area (Å²) in [4.78, 5) is 24.6. The van der Waals surface area contributed by atoms with Crippen LogP contribution in [0.5, 0.6) is 5.75 Å². The average Bonchev–Trinajstić information content (AvgIpc) is 2.72. The van der Waals surface area contributed by atoms with Crippen LogP contribution in [0.3, 0.4) is 0 Å². The molecule has 2 aromatic carbocycles. The van der Waals surface area contributed by atoms with E-state index in [9.17, 15) is 18.0 Å². The normalized spacial score (nSPS) is 11.0. The van der Waals surface area contributed by atoms with E-state index >= 15 is 0 Å². The van der Waals surface area contributed by atoms with E-state index in [0.717, 1.165) is 4.31 Å². The molecule has 168 valence electrons. The van der Waals surface area contributed by atoms with E-state index in [1.165, 1.54) is 25.3 Å². The Labute approximate surface area is 182 Å². The van der Waals surface area contributed by atoms with Gasteiger partial charge in [0.15, 0.2) is 0 Å². The lowest BCUT2D eigenvalue weighted by molar-refractivity contribution is -0.141. The van der Waals surface area contributed by atoms with Gasteiger partial charge in [-0.05, 0) is 69.2 Å². The summed E-state index contributed by atoms with van der Waals surface area (Å²) in [5, 5.41) is 0. The van der Waals surface area contributed by atoms with Crippen LogP contribution in [-0.2, 0) is 24.3 Å². The predicted octanol–water partition coefficient (Wildman–Crippen LogP) is 3.25. The third-order valence-electron chi connectivity index (χ3n) is 4.60. The van der Waals surface area contributed by atoms with E-state index < -0.39 is 28.5 Å². The van der Waals surface area contributed by atoms with Crippen molar-refractivity contribution in [2.45, 2.75) is 32.6 Å². The fraction of sp³-hybridized carbons (Fsp3) is 0.364. The predicted molar refractivity (Wildman–Crippen MR) is 116 cm³/mol. The SMILES string of the molecule is CCOC(=O)CN(c1cccc(C(=O)OCC)c1C)S(=O)(=O)c1ccc(OC)c(C)c1. The third kappa shape index (κ3) is 5.35. The fourth-order valence-electron chi connectivity index (χ4n) is 3.09. The molecule has 0 atom stereocenters. The number of carbonyl (C=O) groups is 2. The molecule has 8 nitrogen and oxygen atoms in total. The number of ether oxygens (including phenoxy) is 3. The van der Waals surface area contributed by atoms with Gasteiger partial charge in [0.25, 0.3) is 10.0 Å². The largest absolute Gasteiger partial charge is 0.496 e. The van der Waals surface area contributed by atoms with E-state index in [4.69, 9.17) is 14.2 Å². The molecule has 0 aliphatic carbocycles. The number of anilines is 1. The van der Waals surface area contributed by atoms with Gasteiger partial charge in [-0.3, -0.25) is 9.10 Å². The number of hydrogen-bond acceptors (Lipinski definition) is 7. The molecule has 0 spiro atoms. The lowest BCUT2D eigenvalue weighted by Crippen LogP contribution is -2.37. The second kappa shape index (κ2) is 10.3. The Hall–Kier alpha value is -3.07. The topological polar surface area (TPSA) is 99.2 Å². The van der Waals surface area contributed by atoms with Crippen LogP contribution in [0, 0.1) is 13.8 Å². The Morgan fingerprint density at radius 3 is 2.26 bits per heavy atom. The van der Waals surface area contributed by atoms with E-state index in [2.05, 4.69) is 0 Å². The minimum Gasteiger partial charge on any atom is -0.496 e. The van der Waals surface area contributed by atoms with Crippen LogP contribution in [-0.4, -0.2) is 47.2 Å². The van der Waals surface area contributed by atoms with Gasteiger partial charge >= 0.3 is 11.9 Å². The molecule has 0 saturated carbocycles. The highest BCUT2D eigenvalue weighted by molar-refractivity contribution is 7.92. The number of benzene rings is 2. The van der Waals surface area contributed by atoms with Crippen molar-refractivity contribution in [3.05, 3.63) is 53.1 Å². The van der Waals surface area contributed by atoms with Gasteiger partial charge in [-0.15, -0.1) is 0 Å². The zero-order valence-corrected chi connectivity index (χ0v) is 19.1. The molecule has 0 radical (unpaired) electrons. The maximum absolute atomic E-state index is 13.5. The molecule has 2 rings (SSSR count). The summed E-state index contributed by atoms with van der Waals surface area (Å²) in [6.45, 7) is 6.38. The van der Waals surface area contributed by atoms with Crippen LogP contribution < -0.4 is 9.04 Å². The number of esters is 2. The van der Waals surface area contributed by atoms with Crippen molar-refractivity contribution in [1.82, 2.24) is 0 Å². The second-order valence-electron chi connectivity index (χ2n) is 6.62. The zero-order valence-electron chi connectivity index (χ0n) is 18.3. The first-order chi connectivity index (χ1) is 14.7. The zero-order chi connectivity index (χ0) is 23.2. The van der Waals surface area contributed by atoms with Gasteiger partial charge in [0, 0.05) is 0 Å². The Balaban J connectivity index is 2.63. The van der Waals surface area contributed by atoms with Crippen LogP contribution in [0.15, 0.2) is 41.3 Å². The molecule has 0 amide bonds. The molecule has 31 heavy (non-hydrogen) atoms. The van der Waals surface area contributed by atoms with Crippen molar-refractivity contribution in [2.24, 2.45) is 0 Å². The molecule has 0 unspecified atom stereocenters. The number of sulfonamides is 1. The lowest BCUT2D eigenvalue weighted by atomic mass is 10.1. The number of hydrogen-bond donors (Lipinski definition) is 0. The fourth-order valence-corrected chi connectivity index (χ4v) is 4.64. The van der Waals surface area contributed by atoms with Gasteiger partial charge < -0.3 is 14.2 Å². The molecule has 0 aliphatic heterocycles. The van der Waals surface area contributed by atoms with E-state index in [1.807, 2.05) is 0 Å². The van der Waals surface area contributed by atoms with E-state index in [0.29, 0.717) is 16.9 Å². The minimum atomic E-state index is -4.17. The average molecular weight is 450 g/mol. The lowest BCUT2D eigenvalue weighted by Gasteiger charge is -2.26. The van der Waals surface area contributed by atoms with Gasteiger partial charge in [0.2, 0.25) is 0 Å². The second-order valence-corrected chi connectivity index (χ2v) is 8.48. The molecule has 0 heterocycles. The standard InChI is InChI=1S/C22H27NO7S/c1-6-29-21(24)14-23(19-10-8-9-18(16(19)4)22(25)30-7-2)31(26,27)17-11-12-20(28-5)15(3)13-17/h8-13H,6-7,14H2,1-5H3. The van der Waals surface area contributed by atoms with Gasteiger partial charge in [-0.25, -0.2) is 13.2 Å². The maximum Gasteiger partial charge on any atom is 0.338 e. The summed E-state index contributed by atoms with van der Waals surface area (Å²) in [6.07, 6.45) is 0. The monoisotopic (exact) mass is 449 g/mol.